The van der Waals surface area contributed by atoms with Gasteiger partial charge in [-0.25, -0.2) is 4.99 Å². The standard InChI is InChI=1S/C26H35N5O.HI/c1-2-27-26(28-15-6-17-30-16-5-9-25(30)32)29-19-21-10-12-22(13-11-21)20-31-18-14-23-7-3-4-8-24(23)31;/h3-4,7-8,10-13H,2,5-6,9,14-20H2,1H3,(H2,27,28,29);1H. The van der Waals surface area contributed by atoms with Crippen molar-refractivity contribution in [1.29, 1.82) is 0 Å². The quantitative estimate of drug-likeness (QED) is 0.211. The summed E-state index contributed by atoms with van der Waals surface area (Å²) in [6, 6.07) is 17.5. The number of amides is 1. The summed E-state index contributed by atoms with van der Waals surface area (Å²) >= 11 is 0. The molecule has 0 aliphatic carbocycles. The third-order valence-corrected chi connectivity index (χ3v) is 6.21. The summed E-state index contributed by atoms with van der Waals surface area (Å²) in [6.07, 6.45) is 3.78. The van der Waals surface area contributed by atoms with Gasteiger partial charge >= 0.3 is 0 Å². The van der Waals surface area contributed by atoms with E-state index in [4.69, 9.17) is 4.99 Å². The molecule has 7 heteroatoms. The summed E-state index contributed by atoms with van der Waals surface area (Å²) in [6.45, 7) is 8.14. The first-order valence-corrected chi connectivity index (χ1v) is 11.9. The van der Waals surface area contributed by atoms with Gasteiger partial charge in [0.1, 0.15) is 0 Å². The molecule has 0 unspecified atom stereocenters. The van der Waals surface area contributed by atoms with Crippen molar-refractivity contribution in [1.82, 2.24) is 15.5 Å². The Kier molecular flexibility index (Phi) is 9.84. The number of carbonyl (C=O) groups excluding carboxylic acids is 1. The number of likely N-dealkylation sites (tertiary alicyclic amines) is 1. The molecular formula is C26H36IN5O. The molecule has 33 heavy (non-hydrogen) atoms. The van der Waals surface area contributed by atoms with Crippen LogP contribution in [0.2, 0.25) is 0 Å². The third-order valence-electron chi connectivity index (χ3n) is 6.21. The van der Waals surface area contributed by atoms with Gasteiger partial charge in [0.25, 0.3) is 0 Å². The number of carbonyl (C=O) groups is 1. The maximum absolute atomic E-state index is 11.7. The Morgan fingerprint density at radius 2 is 1.76 bits per heavy atom. The monoisotopic (exact) mass is 561 g/mol. The summed E-state index contributed by atoms with van der Waals surface area (Å²) in [4.78, 5) is 20.9. The van der Waals surface area contributed by atoms with Crippen molar-refractivity contribution in [3.05, 3.63) is 65.2 Å². The first-order valence-electron chi connectivity index (χ1n) is 11.9. The molecular weight excluding hydrogens is 525 g/mol. The maximum Gasteiger partial charge on any atom is 0.222 e. The number of benzene rings is 2. The summed E-state index contributed by atoms with van der Waals surface area (Å²) in [5.74, 6) is 1.13. The van der Waals surface area contributed by atoms with Crippen LogP contribution >= 0.6 is 24.0 Å². The zero-order valence-corrected chi connectivity index (χ0v) is 21.9. The van der Waals surface area contributed by atoms with E-state index in [9.17, 15) is 4.79 Å². The predicted molar refractivity (Wildman–Crippen MR) is 146 cm³/mol. The number of guanidine groups is 1. The highest BCUT2D eigenvalue weighted by Gasteiger charge is 2.19. The second-order valence-corrected chi connectivity index (χ2v) is 8.58. The second kappa shape index (κ2) is 12.8. The fraction of sp³-hybridized carbons (Fsp3) is 0.462. The summed E-state index contributed by atoms with van der Waals surface area (Å²) in [5.41, 5.74) is 5.36. The van der Waals surface area contributed by atoms with E-state index in [1.54, 1.807) is 0 Å². The van der Waals surface area contributed by atoms with Crippen molar-refractivity contribution in [3.63, 3.8) is 0 Å². The normalized spacial score (nSPS) is 15.4. The Morgan fingerprint density at radius 3 is 2.52 bits per heavy atom. The lowest BCUT2D eigenvalue weighted by Crippen LogP contribution is -2.39. The van der Waals surface area contributed by atoms with Gasteiger partial charge in [0, 0.05) is 51.4 Å². The SMILES string of the molecule is CCNC(=NCc1ccc(CN2CCc3ccccc32)cc1)NCCCN1CCCC1=O.I. The van der Waals surface area contributed by atoms with E-state index in [-0.39, 0.29) is 24.0 Å². The topological polar surface area (TPSA) is 60.0 Å². The number of hydrogen-bond donors (Lipinski definition) is 2. The molecule has 2 aromatic rings. The van der Waals surface area contributed by atoms with E-state index >= 15 is 0 Å². The van der Waals surface area contributed by atoms with Crippen molar-refractivity contribution in [3.8, 4) is 0 Å². The second-order valence-electron chi connectivity index (χ2n) is 8.58. The lowest BCUT2D eigenvalue weighted by atomic mass is 10.1. The summed E-state index contributed by atoms with van der Waals surface area (Å²) in [7, 11) is 0. The number of nitrogens with one attached hydrogen (secondary N) is 2. The Labute approximate surface area is 214 Å². The average molecular weight is 562 g/mol. The number of rotatable bonds is 9. The molecule has 4 rings (SSSR count). The Balaban J connectivity index is 0.00000306. The van der Waals surface area contributed by atoms with Crippen LogP contribution in [0.25, 0.3) is 0 Å². The van der Waals surface area contributed by atoms with Crippen LogP contribution in [0, 0.1) is 0 Å². The lowest BCUT2D eigenvalue weighted by Gasteiger charge is -2.19. The maximum atomic E-state index is 11.7. The Bertz CT molecular complexity index is 931. The molecule has 0 aromatic heterocycles. The van der Waals surface area contributed by atoms with E-state index in [1.165, 1.54) is 22.4 Å². The number of fused-ring (bicyclic) bond motifs is 1. The van der Waals surface area contributed by atoms with Crippen LogP contribution in [0.3, 0.4) is 0 Å². The van der Waals surface area contributed by atoms with Gasteiger partial charge in [-0.3, -0.25) is 4.79 Å². The number of anilines is 1. The predicted octanol–water partition coefficient (Wildman–Crippen LogP) is 3.93. The zero-order chi connectivity index (χ0) is 22.2. The number of para-hydroxylation sites is 1. The van der Waals surface area contributed by atoms with Crippen LogP contribution in [0.15, 0.2) is 53.5 Å². The molecule has 2 aliphatic heterocycles. The lowest BCUT2D eigenvalue weighted by molar-refractivity contribution is -0.127. The van der Waals surface area contributed by atoms with E-state index in [1.807, 2.05) is 4.90 Å². The molecule has 2 aliphatic rings. The molecule has 0 bridgehead atoms. The minimum atomic E-state index is 0. The smallest absolute Gasteiger partial charge is 0.222 e. The van der Waals surface area contributed by atoms with Crippen LogP contribution in [-0.4, -0.2) is 49.5 Å². The number of nitrogens with zero attached hydrogens (tertiary/aromatic N) is 3. The minimum Gasteiger partial charge on any atom is -0.367 e. The zero-order valence-electron chi connectivity index (χ0n) is 19.6. The van der Waals surface area contributed by atoms with Crippen molar-refractivity contribution in [2.75, 3.05) is 37.6 Å². The van der Waals surface area contributed by atoms with Gasteiger partial charge in [-0.2, -0.15) is 0 Å². The average Bonchev–Trinajstić information content (AvgIpc) is 3.42. The molecule has 1 saturated heterocycles. The molecule has 6 nitrogen and oxygen atoms in total. The van der Waals surface area contributed by atoms with Crippen LogP contribution in [0.1, 0.15) is 42.9 Å². The Hall–Kier alpha value is -2.29. The molecule has 1 fully saturated rings. The molecule has 2 N–H and O–H groups in total. The van der Waals surface area contributed by atoms with E-state index in [0.29, 0.717) is 18.9 Å². The first kappa shape index (κ1) is 25.3. The van der Waals surface area contributed by atoms with Gasteiger partial charge in [-0.1, -0.05) is 42.5 Å². The van der Waals surface area contributed by atoms with Crippen LogP contribution in [-0.2, 0) is 24.3 Å². The van der Waals surface area contributed by atoms with Gasteiger partial charge in [-0.05, 0) is 48.9 Å². The van der Waals surface area contributed by atoms with E-state index in [0.717, 1.165) is 64.5 Å². The van der Waals surface area contributed by atoms with Crippen molar-refractivity contribution >= 4 is 41.5 Å². The van der Waals surface area contributed by atoms with Crippen LogP contribution in [0.4, 0.5) is 5.69 Å². The third kappa shape index (κ3) is 7.09. The molecule has 2 aromatic carbocycles. The number of halogens is 1. The highest BCUT2D eigenvalue weighted by molar-refractivity contribution is 14.0. The molecule has 0 radical (unpaired) electrons. The van der Waals surface area contributed by atoms with E-state index < -0.39 is 0 Å². The first-order chi connectivity index (χ1) is 15.7. The van der Waals surface area contributed by atoms with Gasteiger partial charge in [0.2, 0.25) is 5.91 Å². The van der Waals surface area contributed by atoms with Gasteiger partial charge in [0.15, 0.2) is 5.96 Å². The highest BCUT2D eigenvalue weighted by atomic mass is 127. The molecule has 0 atom stereocenters. The Morgan fingerprint density at radius 1 is 0.970 bits per heavy atom. The number of hydrogen-bond acceptors (Lipinski definition) is 3. The minimum absolute atomic E-state index is 0. The van der Waals surface area contributed by atoms with Crippen molar-refractivity contribution in [2.45, 2.75) is 45.7 Å². The van der Waals surface area contributed by atoms with Gasteiger partial charge in [-0.15, -0.1) is 24.0 Å². The fourth-order valence-corrected chi connectivity index (χ4v) is 4.47. The van der Waals surface area contributed by atoms with Crippen LogP contribution in [0.5, 0.6) is 0 Å². The van der Waals surface area contributed by atoms with E-state index in [2.05, 4.69) is 71.0 Å². The number of aliphatic imine (C=N–C) groups is 1. The van der Waals surface area contributed by atoms with Gasteiger partial charge in [0.05, 0.1) is 6.54 Å². The molecule has 2 heterocycles. The summed E-state index contributed by atoms with van der Waals surface area (Å²) in [5, 5.41) is 6.70. The fourth-order valence-electron chi connectivity index (χ4n) is 4.47. The van der Waals surface area contributed by atoms with Crippen molar-refractivity contribution in [2.24, 2.45) is 4.99 Å². The summed E-state index contributed by atoms with van der Waals surface area (Å²) < 4.78 is 0. The molecule has 1 amide bonds. The van der Waals surface area contributed by atoms with Gasteiger partial charge < -0.3 is 20.4 Å². The largest absolute Gasteiger partial charge is 0.367 e. The van der Waals surface area contributed by atoms with Crippen molar-refractivity contribution < 1.29 is 4.79 Å². The van der Waals surface area contributed by atoms with Crippen LogP contribution < -0.4 is 15.5 Å². The molecule has 0 saturated carbocycles. The highest BCUT2D eigenvalue weighted by Crippen LogP contribution is 2.28. The molecule has 0 spiro atoms. The molecule has 178 valence electrons.